The van der Waals surface area contributed by atoms with E-state index in [-0.39, 0.29) is 35.4 Å². The van der Waals surface area contributed by atoms with Gasteiger partial charge in [-0.25, -0.2) is 9.78 Å². The van der Waals surface area contributed by atoms with Crippen molar-refractivity contribution in [3.63, 3.8) is 0 Å². The molecule has 0 radical (unpaired) electrons. The molecular formula is C17H22ClN5O5. The Bertz CT molecular complexity index is 909. The predicted octanol–water partition coefficient (Wildman–Crippen LogP) is 1.24. The Morgan fingerprint density at radius 3 is 2.75 bits per heavy atom. The number of hydrogen-bond donors (Lipinski definition) is 2. The van der Waals surface area contributed by atoms with Gasteiger partial charge in [-0.2, -0.15) is 9.61 Å². The Hall–Kier alpha value is -2.43. The predicted molar refractivity (Wildman–Crippen MR) is 101 cm³/mol. The number of fused-ring (bicyclic) bond motifs is 1. The van der Waals surface area contributed by atoms with E-state index in [1.807, 2.05) is 0 Å². The highest BCUT2D eigenvalue weighted by atomic mass is 35.5. The van der Waals surface area contributed by atoms with Crippen LogP contribution in [0.5, 0.6) is 0 Å². The number of hydrogen-bond acceptors (Lipinski definition) is 7. The first-order chi connectivity index (χ1) is 13.1. The van der Waals surface area contributed by atoms with Crippen LogP contribution in [0.1, 0.15) is 31.1 Å². The molecule has 2 atom stereocenters. The minimum absolute atomic E-state index is 0.0803. The average molecular weight is 412 g/mol. The molecule has 2 N–H and O–H groups in total. The third kappa shape index (κ3) is 4.18. The normalized spacial score (nSPS) is 19.6. The number of aliphatic hydroxyl groups excluding tert-OH is 1. The summed E-state index contributed by atoms with van der Waals surface area (Å²) in [7, 11) is 1.51. The molecule has 0 aromatic carbocycles. The van der Waals surface area contributed by atoms with Crippen molar-refractivity contribution >= 4 is 35.1 Å². The zero-order valence-electron chi connectivity index (χ0n) is 16.0. The molecule has 0 saturated carbocycles. The van der Waals surface area contributed by atoms with Crippen molar-refractivity contribution < 1.29 is 24.2 Å². The lowest BCUT2D eigenvalue weighted by Gasteiger charge is -2.24. The molecule has 0 aliphatic carbocycles. The molecule has 1 unspecified atom stereocenters. The number of aromatic nitrogens is 3. The first-order valence-corrected chi connectivity index (χ1v) is 9.02. The molecular weight excluding hydrogens is 390 g/mol. The quantitative estimate of drug-likeness (QED) is 0.729. The molecule has 3 heterocycles. The van der Waals surface area contributed by atoms with Gasteiger partial charge in [0, 0.05) is 13.1 Å². The molecule has 28 heavy (non-hydrogen) atoms. The minimum atomic E-state index is -0.781. The van der Waals surface area contributed by atoms with E-state index in [2.05, 4.69) is 15.4 Å². The van der Waals surface area contributed by atoms with Crippen molar-refractivity contribution in [3.05, 3.63) is 23.0 Å². The van der Waals surface area contributed by atoms with E-state index < -0.39 is 29.7 Å². The number of nitrogens with zero attached hydrogens (tertiary/aromatic N) is 4. The van der Waals surface area contributed by atoms with Crippen LogP contribution in [0.3, 0.4) is 0 Å². The lowest BCUT2D eigenvalue weighted by Crippen LogP contribution is -2.42. The van der Waals surface area contributed by atoms with Gasteiger partial charge < -0.3 is 19.9 Å². The topological polar surface area (TPSA) is 118 Å². The molecule has 152 valence electrons. The Morgan fingerprint density at radius 1 is 1.43 bits per heavy atom. The third-order valence-electron chi connectivity index (χ3n) is 4.04. The highest BCUT2D eigenvalue weighted by Gasteiger charge is 2.30. The number of carbonyl (C=O) groups excluding carboxylic acids is 2. The molecule has 1 aliphatic rings. The van der Waals surface area contributed by atoms with Crippen LogP contribution in [0.25, 0.3) is 5.65 Å². The first kappa shape index (κ1) is 20.3. The average Bonchev–Trinajstić information content (AvgIpc) is 3.18. The van der Waals surface area contributed by atoms with Gasteiger partial charge in [0.25, 0.3) is 5.91 Å². The first-order valence-electron chi connectivity index (χ1n) is 8.64. The number of nitrogens with one attached hydrogen (secondary N) is 1. The molecule has 2 amide bonds. The van der Waals surface area contributed by atoms with E-state index in [1.54, 1.807) is 20.8 Å². The summed E-state index contributed by atoms with van der Waals surface area (Å²) in [5.74, 6) is -0.197. The molecule has 1 saturated heterocycles. The van der Waals surface area contributed by atoms with Gasteiger partial charge in [-0.15, -0.1) is 0 Å². The third-order valence-corrected chi connectivity index (χ3v) is 4.24. The van der Waals surface area contributed by atoms with E-state index >= 15 is 0 Å². The number of amides is 2. The highest BCUT2D eigenvalue weighted by molar-refractivity contribution is 6.30. The van der Waals surface area contributed by atoms with Gasteiger partial charge in [-0.1, -0.05) is 11.6 Å². The maximum absolute atomic E-state index is 12.6. The number of carbonyl (C=O) groups is 2. The van der Waals surface area contributed by atoms with Gasteiger partial charge in [0.2, 0.25) is 0 Å². The number of aliphatic hydroxyl groups is 1. The smallest absolute Gasteiger partial charge is 0.415 e. The molecule has 0 spiro atoms. The standard InChI is InChI=1S/C17H22ClN5O5/c1-17(2,3)28-16(26)22(4)13-5-12(18)21-14-9(6-19-23(13)14)15(25)20-10-7-27-8-11(10)24/h5-6,10-11,24H,7-8H2,1-4H3,(H,20,25)/t10?,11-/m1/s1. The lowest BCUT2D eigenvalue weighted by atomic mass is 10.2. The van der Waals surface area contributed by atoms with Gasteiger partial charge in [-0.05, 0) is 20.8 Å². The Morgan fingerprint density at radius 2 is 2.14 bits per heavy atom. The summed E-state index contributed by atoms with van der Waals surface area (Å²) in [6, 6.07) is 0.924. The largest absolute Gasteiger partial charge is 0.443 e. The Balaban J connectivity index is 1.92. The summed E-state index contributed by atoms with van der Waals surface area (Å²) in [5.41, 5.74) is -0.357. The SMILES string of the molecule is CN(C(=O)OC(C)(C)C)c1cc(Cl)nc2c(C(=O)NC3COC[C@H]3O)cnn12. The van der Waals surface area contributed by atoms with Gasteiger partial charge >= 0.3 is 6.09 Å². The van der Waals surface area contributed by atoms with Gasteiger partial charge in [0.1, 0.15) is 22.1 Å². The Labute approximate surface area is 166 Å². The summed E-state index contributed by atoms with van der Waals surface area (Å²) in [5, 5.41) is 16.7. The van der Waals surface area contributed by atoms with E-state index in [4.69, 9.17) is 21.1 Å². The minimum Gasteiger partial charge on any atom is -0.443 e. The zero-order chi connectivity index (χ0) is 20.6. The van der Waals surface area contributed by atoms with Crippen LogP contribution >= 0.6 is 11.6 Å². The molecule has 3 rings (SSSR count). The Kier molecular flexibility index (Phi) is 5.46. The maximum atomic E-state index is 12.6. The van der Waals surface area contributed by atoms with Crippen molar-refractivity contribution in [2.45, 2.75) is 38.5 Å². The van der Waals surface area contributed by atoms with E-state index in [1.165, 1.54) is 28.7 Å². The van der Waals surface area contributed by atoms with Crippen LogP contribution in [0.15, 0.2) is 12.3 Å². The van der Waals surface area contributed by atoms with Crippen LogP contribution in [0.2, 0.25) is 5.15 Å². The number of halogens is 1. The second-order valence-electron chi connectivity index (χ2n) is 7.45. The van der Waals surface area contributed by atoms with Crippen molar-refractivity contribution in [1.82, 2.24) is 19.9 Å². The summed E-state index contributed by atoms with van der Waals surface area (Å²) in [4.78, 5) is 30.4. The van der Waals surface area contributed by atoms with Crippen molar-refractivity contribution in [2.24, 2.45) is 0 Å². The molecule has 1 fully saturated rings. The molecule has 2 aromatic rings. The maximum Gasteiger partial charge on any atom is 0.415 e. The zero-order valence-corrected chi connectivity index (χ0v) is 16.7. The molecule has 2 aromatic heterocycles. The monoisotopic (exact) mass is 411 g/mol. The van der Waals surface area contributed by atoms with Gasteiger partial charge in [0.15, 0.2) is 5.65 Å². The summed E-state index contributed by atoms with van der Waals surface area (Å²) in [6.07, 6.45) is -0.0669. The van der Waals surface area contributed by atoms with Crippen LogP contribution in [-0.4, -0.2) is 69.7 Å². The fourth-order valence-electron chi connectivity index (χ4n) is 2.67. The second kappa shape index (κ2) is 7.53. The van der Waals surface area contributed by atoms with E-state index in [9.17, 15) is 14.7 Å². The van der Waals surface area contributed by atoms with E-state index in [0.29, 0.717) is 0 Å². The van der Waals surface area contributed by atoms with Crippen molar-refractivity contribution in [1.29, 1.82) is 0 Å². The molecule has 10 nitrogen and oxygen atoms in total. The van der Waals surface area contributed by atoms with Crippen molar-refractivity contribution in [2.75, 3.05) is 25.2 Å². The van der Waals surface area contributed by atoms with Crippen LogP contribution in [0, 0.1) is 0 Å². The molecule has 11 heteroatoms. The van der Waals surface area contributed by atoms with Crippen LogP contribution < -0.4 is 10.2 Å². The summed E-state index contributed by atoms with van der Waals surface area (Å²) in [6.45, 7) is 5.64. The molecule has 0 bridgehead atoms. The van der Waals surface area contributed by atoms with Crippen LogP contribution in [-0.2, 0) is 9.47 Å². The fourth-order valence-corrected chi connectivity index (χ4v) is 2.85. The number of anilines is 1. The van der Waals surface area contributed by atoms with Crippen LogP contribution in [0.4, 0.5) is 10.6 Å². The highest BCUT2D eigenvalue weighted by Crippen LogP contribution is 2.23. The molecule has 1 aliphatic heterocycles. The second-order valence-corrected chi connectivity index (χ2v) is 7.84. The number of ether oxygens (including phenoxy) is 2. The van der Waals surface area contributed by atoms with Gasteiger partial charge in [0.05, 0.1) is 31.6 Å². The number of rotatable bonds is 3. The fraction of sp³-hybridized carbons (Fsp3) is 0.529. The van der Waals surface area contributed by atoms with Crippen molar-refractivity contribution in [3.8, 4) is 0 Å². The van der Waals surface area contributed by atoms with Gasteiger partial charge in [-0.3, -0.25) is 9.69 Å². The lowest BCUT2D eigenvalue weighted by molar-refractivity contribution is 0.0587. The summed E-state index contributed by atoms with van der Waals surface area (Å²) < 4.78 is 11.8. The summed E-state index contributed by atoms with van der Waals surface area (Å²) >= 11 is 6.11. The van der Waals surface area contributed by atoms with E-state index in [0.717, 1.165) is 0 Å².